The molecular formula is C20H18N4O5S. The van der Waals surface area contributed by atoms with E-state index in [4.69, 9.17) is 9.15 Å². The third kappa shape index (κ3) is 3.14. The Kier molecular flexibility index (Phi) is 4.52. The number of sulfonamides is 1. The average molecular weight is 426 g/mol. The van der Waals surface area contributed by atoms with Crippen LogP contribution in [0.1, 0.15) is 16.2 Å². The first-order chi connectivity index (χ1) is 14.5. The highest BCUT2D eigenvalue weighted by Crippen LogP contribution is 2.35. The minimum atomic E-state index is -3.93. The van der Waals surface area contributed by atoms with Crippen molar-refractivity contribution in [3.63, 3.8) is 0 Å². The Hall–Kier alpha value is -3.24. The van der Waals surface area contributed by atoms with E-state index in [1.807, 2.05) is 0 Å². The zero-order valence-corrected chi connectivity index (χ0v) is 16.6. The Bertz CT molecular complexity index is 1170. The van der Waals surface area contributed by atoms with Crippen molar-refractivity contribution in [1.29, 1.82) is 0 Å². The van der Waals surface area contributed by atoms with Gasteiger partial charge in [-0.2, -0.15) is 4.31 Å². The summed E-state index contributed by atoms with van der Waals surface area (Å²) < 4.78 is 39.7. The van der Waals surface area contributed by atoms with Crippen molar-refractivity contribution < 1.29 is 22.4 Å². The second-order valence-electron chi connectivity index (χ2n) is 7.09. The fourth-order valence-corrected chi connectivity index (χ4v) is 5.52. The third-order valence-corrected chi connectivity index (χ3v) is 7.14. The predicted molar refractivity (Wildman–Crippen MR) is 104 cm³/mol. The highest BCUT2D eigenvalue weighted by Gasteiger charge is 2.49. The highest BCUT2D eigenvalue weighted by molar-refractivity contribution is 7.89. The molecule has 10 heteroatoms. The number of rotatable bonds is 3. The van der Waals surface area contributed by atoms with Crippen LogP contribution in [0.2, 0.25) is 0 Å². The smallest absolute Gasteiger partial charge is 0.289 e. The monoisotopic (exact) mass is 426 g/mol. The van der Waals surface area contributed by atoms with Crippen LogP contribution in [-0.4, -0.2) is 58.7 Å². The Balaban J connectivity index is 1.55. The van der Waals surface area contributed by atoms with Gasteiger partial charge < -0.3 is 14.1 Å². The topological polar surface area (TPSA) is 106 Å². The Morgan fingerprint density at radius 3 is 2.70 bits per heavy atom. The molecule has 0 bridgehead atoms. The number of hydrogen-bond donors (Lipinski definition) is 0. The number of ether oxygens (including phenoxy) is 1. The van der Waals surface area contributed by atoms with Crippen LogP contribution in [0.15, 0.2) is 70.4 Å². The van der Waals surface area contributed by atoms with Gasteiger partial charge in [-0.1, -0.05) is 6.07 Å². The van der Waals surface area contributed by atoms with Gasteiger partial charge in [0, 0.05) is 18.9 Å². The number of amides is 1. The number of carbonyl (C=O) groups excluding carboxylic acids is 1. The van der Waals surface area contributed by atoms with Crippen LogP contribution >= 0.6 is 0 Å². The normalized spacial score (nSPS) is 22.6. The van der Waals surface area contributed by atoms with E-state index in [1.165, 1.54) is 22.8 Å². The molecule has 0 unspecified atom stereocenters. The lowest BCUT2D eigenvalue weighted by molar-refractivity contribution is 0.0738. The van der Waals surface area contributed by atoms with Crippen LogP contribution in [0.4, 0.5) is 0 Å². The van der Waals surface area contributed by atoms with E-state index in [-0.39, 0.29) is 42.1 Å². The summed E-state index contributed by atoms with van der Waals surface area (Å²) in [5, 5.41) is 0. The molecule has 0 spiro atoms. The SMILES string of the molecule is O=C(c1ccco1)N1C[C@@H]2Oc3ncccc3S(=O)(=O)N(Cc3ccccn3)[C@@H]2C1. The van der Waals surface area contributed by atoms with E-state index in [2.05, 4.69) is 9.97 Å². The van der Waals surface area contributed by atoms with Gasteiger partial charge >= 0.3 is 0 Å². The molecule has 2 aliphatic rings. The quantitative estimate of drug-likeness (QED) is 0.625. The maximum atomic E-state index is 13.5. The van der Waals surface area contributed by atoms with Gasteiger partial charge in [0.15, 0.2) is 5.76 Å². The summed E-state index contributed by atoms with van der Waals surface area (Å²) in [5.41, 5.74) is 0.600. The third-order valence-electron chi connectivity index (χ3n) is 5.26. The Morgan fingerprint density at radius 2 is 1.93 bits per heavy atom. The Labute approximate surface area is 173 Å². The zero-order chi connectivity index (χ0) is 20.7. The number of fused-ring (bicyclic) bond motifs is 2. The average Bonchev–Trinajstić information content (AvgIpc) is 3.41. The molecule has 0 saturated carbocycles. The van der Waals surface area contributed by atoms with Gasteiger partial charge in [-0.3, -0.25) is 9.78 Å². The fraction of sp³-hybridized carbons (Fsp3) is 0.250. The molecule has 154 valence electrons. The molecule has 0 aromatic carbocycles. The van der Waals surface area contributed by atoms with Crippen molar-refractivity contribution >= 4 is 15.9 Å². The molecule has 9 nitrogen and oxygen atoms in total. The molecule has 0 N–H and O–H groups in total. The number of aromatic nitrogens is 2. The van der Waals surface area contributed by atoms with Crippen LogP contribution in [0, 0.1) is 0 Å². The molecule has 0 radical (unpaired) electrons. The van der Waals surface area contributed by atoms with Gasteiger partial charge in [0.1, 0.15) is 11.0 Å². The highest BCUT2D eigenvalue weighted by atomic mass is 32.2. The van der Waals surface area contributed by atoms with Gasteiger partial charge in [-0.25, -0.2) is 13.4 Å². The first-order valence-electron chi connectivity index (χ1n) is 9.40. The van der Waals surface area contributed by atoms with Crippen molar-refractivity contribution in [3.05, 3.63) is 72.6 Å². The van der Waals surface area contributed by atoms with E-state index in [0.717, 1.165) is 0 Å². The van der Waals surface area contributed by atoms with Gasteiger partial charge in [-0.15, -0.1) is 0 Å². The van der Waals surface area contributed by atoms with Crippen molar-refractivity contribution in [2.24, 2.45) is 0 Å². The van der Waals surface area contributed by atoms with Crippen molar-refractivity contribution in [1.82, 2.24) is 19.2 Å². The molecule has 1 amide bonds. The van der Waals surface area contributed by atoms with Gasteiger partial charge in [-0.05, 0) is 36.4 Å². The second-order valence-corrected chi connectivity index (χ2v) is 8.95. The van der Waals surface area contributed by atoms with E-state index in [9.17, 15) is 13.2 Å². The molecule has 0 aliphatic carbocycles. The Morgan fingerprint density at radius 1 is 1.07 bits per heavy atom. The summed E-state index contributed by atoms with van der Waals surface area (Å²) in [6.07, 6.45) is 3.96. The lowest BCUT2D eigenvalue weighted by Gasteiger charge is -2.27. The van der Waals surface area contributed by atoms with Crippen molar-refractivity contribution in [2.45, 2.75) is 23.6 Å². The maximum absolute atomic E-state index is 13.5. The lowest BCUT2D eigenvalue weighted by atomic mass is 10.2. The van der Waals surface area contributed by atoms with E-state index >= 15 is 0 Å². The van der Waals surface area contributed by atoms with Crippen molar-refractivity contribution in [3.8, 4) is 5.88 Å². The van der Waals surface area contributed by atoms with Crippen molar-refractivity contribution in [2.75, 3.05) is 13.1 Å². The number of carbonyl (C=O) groups is 1. The molecule has 2 atom stereocenters. The minimum Gasteiger partial charge on any atom is -0.470 e. The molecule has 3 aromatic heterocycles. The van der Waals surface area contributed by atoms with E-state index in [0.29, 0.717) is 5.69 Å². The molecule has 3 aromatic rings. The summed E-state index contributed by atoms with van der Waals surface area (Å²) in [7, 11) is -3.93. The summed E-state index contributed by atoms with van der Waals surface area (Å²) >= 11 is 0. The van der Waals surface area contributed by atoms with Gasteiger partial charge in [0.05, 0.1) is 31.1 Å². The molecule has 30 heavy (non-hydrogen) atoms. The van der Waals surface area contributed by atoms with Crippen LogP contribution < -0.4 is 4.74 Å². The number of likely N-dealkylation sites (tertiary alicyclic amines) is 1. The molecule has 1 saturated heterocycles. The number of furan rings is 1. The van der Waals surface area contributed by atoms with Gasteiger partial charge in [0.25, 0.3) is 5.91 Å². The first kappa shape index (κ1) is 18.8. The second kappa shape index (κ2) is 7.22. The molecular weight excluding hydrogens is 408 g/mol. The van der Waals surface area contributed by atoms with Crippen LogP contribution in [0.5, 0.6) is 5.88 Å². The molecule has 5 rings (SSSR count). The summed E-state index contributed by atoms with van der Waals surface area (Å²) in [5.74, 6) is -0.0689. The van der Waals surface area contributed by atoms with E-state index in [1.54, 1.807) is 47.5 Å². The van der Waals surface area contributed by atoms with Crippen LogP contribution in [-0.2, 0) is 16.6 Å². The fourth-order valence-electron chi connectivity index (χ4n) is 3.83. The summed E-state index contributed by atoms with van der Waals surface area (Å²) in [6.45, 7) is 0.448. The van der Waals surface area contributed by atoms with Crippen LogP contribution in [0.25, 0.3) is 0 Å². The maximum Gasteiger partial charge on any atom is 0.289 e. The van der Waals surface area contributed by atoms with Gasteiger partial charge in [0.2, 0.25) is 15.9 Å². The molecule has 5 heterocycles. The molecule has 2 aliphatic heterocycles. The zero-order valence-electron chi connectivity index (χ0n) is 15.8. The van der Waals surface area contributed by atoms with E-state index < -0.39 is 22.2 Å². The summed E-state index contributed by atoms with van der Waals surface area (Å²) in [6, 6.07) is 11.0. The number of hydrogen-bond acceptors (Lipinski definition) is 7. The summed E-state index contributed by atoms with van der Waals surface area (Å²) in [4.78, 5) is 22.8. The number of nitrogens with zero attached hydrogens (tertiary/aromatic N) is 4. The number of pyridine rings is 2. The molecule has 1 fully saturated rings. The lowest BCUT2D eigenvalue weighted by Crippen LogP contribution is -2.46. The standard InChI is InChI=1S/C20H18N4O5S/c25-20(16-6-4-10-28-16)23-12-15-17(13-23)29-19-18(7-3-9-22-19)30(26,27)24(15)11-14-5-1-2-8-21-14/h1-10,15,17H,11-13H2/t15-,17+/m1/s1. The predicted octanol–water partition coefficient (Wildman–Crippen LogP) is 1.55. The largest absolute Gasteiger partial charge is 0.470 e. The minimum absolute atomic E-state index is 0.0132. The first-order valence-corrected chi connectivity index (χ1v) is 10.8. The van der Waals surface area contributed by atoms with Crippen LogP contribution in [0.3, 0.4) is 0 Å².